The topological polar surface area (TPSA) is 41.6 Å². The van der Waals surface area contributed by atoms with Crippen LogP contribution in [0.1, 0.15) is 18.1 Å². The zero-order valence-corrected chi connectivity index (χ0v) is 14.1. The number of methoxy groups -OCH3 is 1. The second kappa shape index (κ2) is 10.0. The first-order chi connectivity index (χ1) is 9.19. The first-order valence-corrected chi connectivity index (χ1v) is 6.78. The van der Waals surface area contributed by atoms with E-state index in [0.29, 0.717) is 12.5 Å². The molecule has 1 N–H and O–H groups in total. The Morgan fingerprint density at radius 1 is 1.29 bits per heavy atom. The molecule has 4 nitrogen and oxygen atoms in total. The van der Waals surface area contributed by atoms with Crippen LogP contribution in [0.4, 0.5) is 0 Å². The highest BCUT2D eigenvalue weighted by Gasteiger charge is 2.17. The van der Waals surface area contributed by atoms with E-state index >= 15 is 0 Å². The molecule has 1 heterocycles. The maximum absolute atomic E-state index is 11.2. The van der Waals surface area contributed by atoms with Crippen LogP contribution in [-0.4, -0.2) is 43.7 Å². The fourth-order valence-corrected chi connectivity index (χ4v) is 2.35. The van der Waals surface area contributed by atoms with E-state index in [0.717, 1.165) is 31.7 Å². The van der Waals surface area contributed by atoms with E-state index in [2.05, 4.69) is 34.0 Å². The molecule has 0 aliphatic carbocycles. The lowest BCUT2D eigenvalue weighted by Crippen LogP contribution is -2.49. The molecule has 1 aliphatic heterocycles. The van der Waals surface area contributed by atoms with E-state index < -0.39 is 0 Å². The predicted octanol–water partition coefficient (Wildman–Crippen LogP) is 2.04. The molecule has 0 bridgehead atoms. The van der Waals surface area contributed by atoms with Crippen LogP contribution in [0.3, 0.4) is 0 Å². The third-order valence-corrected chi connectivity index (χ3v) is 3.62. The Bertz CT molecular complexity index is 426. The second-order valence-corrected chi connectivity index (χ2v) is 5.09. The molecule has 0 spiro atoms. The predicted molar refractivity (Wildman–Crippen MR) is 89.4 cm³/mol. The van der Waals surface area contributed by atoms with Gasteiger partial charge in [0.2, 0.25) is 0 Å². The minimum absolute atomic E-state index is 0. The highest BCUT2D eigenvalue weighted by Crippen LogP contribution is 2.12. The minimum Gasteiger partial charge on any atom is -0.469 e. The van der Waals surface area contributed by atoms with Crippen molar-refractivity contribution in [2.45, 2.75) is 25.9 Å². The lowest BCUT2D eigenvalue weighted by Gasteiger charge is -2.33. The van der Waals surface area contributed by atoms with Gasteiger partial charge >= 0.3 is 5.97 Å². The molecule has 0 amide bonds. The molecule has 120 valence electrons. The zero-order valence-electron chi connectivity index (χ0n) is 12.5. The van der Waals surface area contributed by atoms with Crippen molar-refractivity contribution in [1.82, 2.24) is 10.2 Å². The second-order valence-electron chi connectivity index (χ2n) is 5.09. The average molecular weight is 335 g/mol. The van der Waals surface area contributed by atoms with E-state index in [4.69, 9.17) is 0 Å². The summed E-state index contributed by atoms with van der Waals surface area (Å²) in [5.41, 5.74) is 2.30. The number of nitrogens with zero attached hydrogens (tertiary/aromatic N) is 1. The summed E-state index contributed by atoms with van der Waals surface area (Å²) in [6.07, 6.45) is 0.348. The molecule has 0 radical (unpaired) electrons. The third kappa shape index (κ3) is 6.22. The molecule has 21 heavy (non-hydrogen) atoms. The van der Waals surface area contributed by atoms with Crippen molar-refractivity contribution in [3.8, 4) is 0 Å². The van der Waals surface area contributed by atoms with Crippen LogP contribution in [0, 0.1) is 0 Å². The maximum Gasteiger partial charge on any atom is 0.309 e. The van der Waals surface area contributed by atoms with Gasteiger partial charge in [-0.3, -0.25) is 9.69 Å². The fourth-order valence-electron chi connectivity index (χ4n) is 2.35. The minimum atomic E-state index is -0.191. The Morgan fingerprint density at radius 3 is 2.48 bits per heavy atom. The molecular weight excluding hydrogens is 311 g/mol. The Balaban J connectivity index is 0.00000200. The number of nitrogens with one attached hydrogen (secondary N) is 1. The first-order valence-electron chi connectivity index (χ1n) is 6.78. The number of benzene rings is 1. The van der Waals surface area contributed by atoms with Crippen LogP contribution >= 0.6 is 24.8 Å². The van der Waals surface area contributed by atoms with Crippen molar-refractivity contribution >= 4 is 30.8 Å². The Morgan fingerprint density at radius 2 is 1.90 bits per heavy atom. The quantitative estimate of drug-likeness (QED) is 0.855. The molecule has 0 saturated carbocycles. The molecule has 2 rings (SSSR count). The fraction of sp³-hybridized carbons (Fsp3) is 0.533. The molecule has 6 heteroatoms. The average Bonchev–Trinajstić information content (AvgIpc) is 2.43. The van der Waals surface area contributed by atoms with E-state index in [1.165, 1.54) is 12.7 Å². The van der Waals surface area contributed by atoms with E-state index in [1.54, 1.807) is 0 Å². The first kappa shape index (κ1) is 20.2. The van der Waals surface area contributed by atoms with Crippen LogP contribution in [0.15, 0.2) is 24.3 Å². The van der Waals surface area contributed by atoms with Gasteiger partial charge in [-0.25, -0.2) is 0 Å². The lowest BCUT2D eigenvalue weighted by molar-refractivity contribution is -0.139. The Hall–Kier alpha value is -0.810. The molecule has 1 unspecified atom stereocenters. The van der Waals surface area contributed by atoms with Crippen molar-refractivity contribution in [2.24, 2.45) is 0 Å². The number of carbonyl (C=O) groups excluding carboxylic acids is 1. The number of esters is 1. The van der Waals surface area contributed by atoms with Crippen LogP contribution in [0.5, 0.6) is 0 Å². The number of piperazine rings is 1. The third-order valence-electron chi connectivity index (χ3n) is 3.62. The molecule has 1 aromatic rings. The smallest absolute Gasteiger partial charge is 0.309 e. The summed E-state index contributed by atoms with van der Waals surface area (Å²) in [7, 11) is 1.42. The summed E-state index contributed by atoms with van der Waals surface area (Å²) in [5.74, 6) is -0.191. The summed E-state index contributed by atoms with van der Waals surface area (Å²) < 4.78 is 4.67. The van der Waals surface area contributed by atoms with E-state index in [1.807, 2.05) is 12.1 Å². The standard InChI is InChI=1S/C15H22N2O2.2ClH/c1-12-10-16-7-8-17(12)11-14-5-3-13(4-6-14)9-15(18)19-2;;/h3-6,12,16H,7-11H2,1-2H3;2*1H. The van der Waals surface area contributed by atoms with Crippen LogP contribution in [0.25, 0.3) is 0 Å². The molecule has 1 atom stereocenters. The van der Waals surface area contributed by atoms with Crippen LogP contribution < -0.4 is 5.32 Å². The van der Waals surface area contributed by atoms with Crippen molar-refractivity contribution in [2.75, 3.05) is 26.7 Å². The van der Waals surface area contributed by atoms with E-state index in [9.17, 15) is 4.79 Å². The largest absolute Gasteiger partial charge is 0.469 e. The monoisotopic (exact) mass is 334 g/mol. The van der Waals surface area contributed by atoms with Crippen molar-refractivity contribution in [3.05, 3.63) is 35.4 Å². The molecule has 1 fully saturated rings. The lowest BCUT2D eigenvalue weighted by atomic mass is 10.1. The number of carbonyl (C=O) groups is 1. The Labute approximate surface area is 139 Å². The molecule has 0 aromatic heterocycles. The highest BCUT2D eigenvalue weighted by molar-refractivity contribution is 5.85. The number of ether oxygens (including phenoxy) is 1. The summed E-state index contributed by atoms with van der Waals surface area (Å²) in [6.45, 7) is 6.43. The van der Waals surface area contributed by atoms with Gasteiger partial charge in [-0.1, -0.05) is 24.3 Å². The summed E-state index contributed by atoms with van der Waals surface area (Å²) in [4.78, 5) is 13.7. The van der Waals surface area contributed by atoms with E-state index in [-0.39, 0.29) is 30.8 Å². The SMILES string of the molecule is COC(=O)Cc1ccc(CN2CCNCC2C)cc1.Cl.Cl. The molecular formula is C15H24Cl2N2O2. The number of hydrogen-bond acceptors (Lipinski definition) is 4. The van der Waals surface area contributed by atoms with Crippen LogP contribution in [0.2, 0.25) is 0 Å². The van der Waals surface area contributed by atoms with Crippen molar-refractivity contribution in [3.63, 3.8) is 0 Å². The van der Waals surface area contributed by atoms with Gasteiger partial charge in [-0.2, -0.15) is 0 Å². The summed E-state index contributed by atoms with van der Waals surface area (Å²) in [6, 6.07) is 8.81. The van der Waals surface area contributed by atoms with Gasteiger partial charge in [0, 0.05) is 32.2 Å². The van der Waals surface area contributed by atoms with Crippen LogP contribution in [-0.2, 0) is 22.5 Å². The number of rotatable bonds is 4. The Kier molecular flexibility index (Phi) is 9.62. The van der Waals surface area contributed by atoms with Crippen molar-refractivity contribution in [1.29, 1.82) is 0 Å². The summed E-state index contributed by atoms with van der Waals surface area (Å²) in [5, 5.41) is 3.39. The molecule has 1 aliphatic rings. The van der Waals surface area contributed by atoms with Gasteiger partial charge < -0.3 is 10.1 Å². The van der Waals surface area contributed by atoms with Gasteiger partial charge in [-0.05, 0) is 18.1 Å². The number of halogens is 2. The van der Waals surface area contributed by atoms with Gasteiger partial charge in [0.15, 0.2) is 0 Å². The normalized spacial score (nSPS) is 18.3. The maximum atomic E-state index is 11.2. The summed E-state index contributed by atoms with van der Waals surface area (Å²) >= 11 is 0. The van der Waals surface area contributed by atoms with Gasteiger partial charge in [0.1, 0.15) is 0 Å². The highest BCUT2D eigenvalue weighted by atomic mass is 35.5. The molecule has 1 aromatic carbocycles. The zero-order chi connectivity index (χ0) is 13.7. The van der Waals surface area contributed by atoms with Gasteiger partial charge in [-0.15, -0.1) is 24.8 Å². The van der Waals surface area contributed by atoms with Crippen molar-refractivity contribution < 1.29 is 9.53 Å². The number of hydrogen-bond donors (Lipinski definition) is 1. The molecule has 1 saturated heterocycles. The van der Waals surface area contributed by atoms with Gasteiger partial charge in [0.25, 0.3) is 0 Å². The van der Waals surface area contributed by atoms with Gasteiger partial charge in [0.05, 0.1) is 13.5 Å².